The molecule has 8 aliphatic rings. The molecule has 2 spiro atoms. The van der Waals surface area contributed by atoms with Gasteiger partial charge in [-0.2, -0.15) is 0 Å². The molecule has 0 aromatic heterocycles. The molecule has 0 amide bonds. The minimum atomic E-state index is -2.38. The Bertz CT molecular complexity index is 1250. The Balaban J connectivity index is 1.27. The first-order valence-corrected chi connectivity index (χ1v) is 14.7. The lowest BCUT2D eigenvalue weighted by Gasteiger charge is -2.42. The van der Waals surface area contributed by atoms with Crippen molar-refractivity contribution in [2.45, 2.75) is 125 Å². The fourth-order valence-electron chi connectivity index (χ4n) is 11.1. The molecule has 0 aromatic carbocycles. The van der Waals surface area contributed by atoms with Gasteiger partial charge in [-0.1, -0.05) is 6.92 Å². The molecule has 6 aliphatic heterocycles. The lowest BCUT2D eigenvalue weighted by Crippen LogP contribution is -2.56. The molecule has 2 bridgehead atoms. The molecule has 6 heterocycles. The number of hydrogen-bond acceptors (Lipinski definition) is 11. The number of aliphatic hydroxyl groups is 3. The van der Waals surface area contributed by atoms with Crippen LogP contribution in [0.4, 0.5) is 0 Å². The number of carbonyl (C=O) groups excluding carboxylic acids is 3. The van der Waals surface area contributed by atoms with Crippen molar-refractivity contribution in [3.8, 4) is 0 Å². The van der Waals surface area contributed by atoms with Crippen molar-refractivity contribution in [2.24, 2.45) is 35.0 Å². The van der Waals surface area contributed by atoms with E-state index in [1.807, 2.05) is 20.8 Å². The second-order valence-electron chi connectivity index (χ2n) is 14.9. The Labute approximate surface area is 231 Å². The van der Waals surface area contributed by atoms with Crippen LogP contribution in [0, 0.1) is 35.0 Å². The molecular formula is C29H38O11. The second-order valence-corrected chi connectivity index (χ2v) is 14.9. The highest BCUT2D eigenvalue weighted by atomic mass is 16.7. The number of Topliss-reactive ketones (excluding diaryl/α,β-unsaturated/α-hetero) is 1. The van der Waals surface area contributed by atoms with Crippen molar-refractivity contribution in [2.75, 3.05) is 0 Å². The summed E-state index contributed by atoms with van der Waals surface area (Å²) in [6, 6.07) is 0. The maximum Gasteiger partial charge on any atom is 0.311 e. The maximum atomic E-state index is 14.5. The zero-order valence-electron chi connectivity index (χ0n) is 23.4. The number of aliphatic hydroxyl groups excluding tert-OH is 2. The Morgan fingerprint density at radius 2 is 1.70 bits per heavy atom. The number of ketones is 1. The highest BCUT2D eigenvalue weighted by molar-refractivity contribution is 5.92. The smallest absolute Gasteiger partial charge is 0.311 e. The van der Waals surface area contributed by atoms with E-state index in [0.717, 1.165) is 0 Å². The average molecular weight is 563 g/mol. The monoisotopic (exact) mass is 562 g/mol. The van der Waals surface area contributed by atoms with Gasteiger partial charge in [-0.05, 0) is 47.0 Å². The van der Waals surface area contributed by atoms with Gasteiger partial charge in [0.1, 0.15) is 23.9 Å². The second kappa shape index (κ2) is 7.11. The van der Waals surface area contributed by atoms with E-state index < -0.39 is 106 Å². The van der Waals surface area contributed by atoms with Crippen LogP contribution in [-0.2, 0) is 38.1 Å². The molecular weight excluding hydrogens is 524 g/mol. The number of rotatable bonds is 0. The normalized spacial score (nSPS) is 62.5. The van der Waals surface area contributed by atoms with E-state index in [-0.39, 0.29) is 31.6 Å². The van der Waals surface area contributed by atoms with E-state index in [1.54, 1.807) is 13.8 Å². The van der Waals surface area contributed by atoms with Gasteiger partial charge in [-0.3, -0.25) is 14.4 Å². The van der Waals surface area contributed by atoms with E-state index in [0.29, 0.717) is 6.42 Å². The molecule has 8 rings (SSSR count). The lowest BCUT2D eigenvalue weighted by atomic mass is 9.61. The Morgan fingerprint density at radius 1 is 0.975 bits per heavy atom. The molecule has 11 nitrogen and oxygen atoms in total. The summed E-state index contributed by atoms with van der Waals surface area (Å²) in [5, 5.41) is 36.1. The van der Waals surface area contributed by atoms with Gasteiger partial charge in [0.25, 0.3) is 0 Å². The molecule has 6 saturated heterocycles. The lowest BCUT2D eigenvalue weighted by molar-refractivity contribution is -0.266. The minimum absolute atomic E-state index is 0.0679. The first kappa shape index (κ1) is 26.0. The highest BCUT2D eigenvalue weighted by Gasteiger charge is 2.84. The molecule has 2 saturated carbocycles. The molecule has 3 N–H and O–H groups in total. The summed E-state index contributed by atoms with van der Waals surface area (Å²) in [4.78, 5) is 39.7. The van der Waals surface area contributed by atoms with Gasteiger partial charge in [0, 0.05) is 29.6 Å². The van der Waals surface area contributed by atoms with Crippen LogP contribution in [0.25, 0.3) is 0 Å². The van der Waals surface area contributed by atoms with Crippen LogP contribution in [0.1, 0.15) is 66.7 Å². The average Bonchev–Trinajstić information content (AvgIpc) is 3.52. The van der Waals surface area contributed by atoms with Crippen LogP contribution in [0.5, 0.6) is 0 Å². The van der Waals surface area contributed by atoms with Gasteiger partial charge in [0.15, 0.2) is 0 Å². The van der Waals surface area contributed by atoms with Gasteiger partial charge < -0.3 is 39.0 Å². The molecule has 8 fully saturated rings. The molecule has 0 aromatic rings. The van der Waals surface area contributed by atoms with Crippen LogP contribution in [0.3, 0.4) is 0 Å². The topological polar surface area (TPSA) is 158 Å². The molecule has 11 heteroatoms. The number of ether oxygens (including phenoxy) is 5. The van der Waals surface area contributed by atoms with E-state index in [1.165, 1.54) is 0 Å². The SMILES string of the molecule is CC1C(=O)OC2C1OC1(C)C2C2C3(O)OC4(CCC2(C)C1O)CC12OC(=O)CC1OC(C)(C)C2CC(O)C4C3=O. The summed E-state index contributed by atoms with van der Waals surface area (Å²) in [7, 11) is 0. The molecule has 15 atom stereocenters. The minimum Gasteiger partial charge on any atom is -0.459 e. The summed E-state index contributed by atoms with van der Waals surface area (Å²) in [5.74, 6) is -7.52. The van der Waals surface area contributed by atoms with Crippen molar-refractivity contribution in [3.05, 3.63) is 0 Å². The van der Waals surface area contributed by atoms with Crippen LogP contribution in [0.15, 0.2) is 0 Å². The molecule has 0 radical (unpaired) electrons. The predicted molar refractivity (Wildman–Crippen MR) is 131 cm³/mol. The number of carbonyl (C=O) groups is 3. The first-order valence-electron chi connectivity index (χ1n) is 14.7. The summed E-state index contributed by atoms with van der Waals surface area (Å²) in [6.45, 7) is 9.13. The third-order valence-electron chi connectivity index (χ3n) is 12.7. The van der Waals surface area contributed by atoms with Gasteiger partial charge in [0.2, 0.25) is 11.6 Å². The van der Waals surface area contributed by atoms with Crippen molar-refractivity contribution in [1.29, 1.82) is 0 Å². The third kappa shape index (κ3) is 2.60. The third-order valence-corrected chi connectivity index (χ3v) is 12.7. The summed E-state index contributed by atoms with van der Waals surface area (Å²) in [5.41, 5.74) is -5.41. The van der Waals surface area contributed by atoms with Gasteiger partial charge in [-0.25, -0.2) is 0 Å². The quantitative estimate of drug-likeness (QED) is 0.351. The van der Waals surface area contributed by atoms with E-state index in [2.05, 4.69) is 0 Å². The molecule has 15 unspecified atom stereocenters. The largest absolute Gasteiger partial charge is 0.459 e. The van der Waals surface area contributed by atoms with Crippen molar-refractivity contribution in [3.63, 3.8) is 0 Å². The Morgan fingerprint density at radius 3 is 2.42 bits per heavy atom. The summed E-state index contributed by atoms with van der Waals surface area (Å²) >= 11 is 0. The fraction of sp³-hybridized carbons (Fsp3) is 0.897. The predicted octanol–water partition coefficient (Wildman–Crippen LogP) is 0.389. The van der Waals surface area contributed by atoms with Crippen LogP contribution >= 0.6 is 0 Å². The Hall–Kier alpha value is -1.63. The van der Waals surface area contributed by atoms with E-state index >= 15 is 0 Å². The number of fused-ring (bicyclic) bond motifs is 7. The van der Waals surface area contributed by atoms with Crippen LogP contribution in [0.2, 0.25) is 0 Å². The van der Waals surface area contributed by atoms with E-state index in [9.17, 15) is 29.7 Å². The number of esters is 2. The molecule has 40 heavy (non-hydrogen) atoms. The standard InChI is InChI=1S/C29H38O11/c1-11-18-19(36-22(11)33)17-20-25(4,23(34)26(17,5)39-18)6-7-27-10-28-13(24(2,3)37-14(28)9-15(31)38-28)8-12(30)16(27)21(32)29(20,35)40-27/h11-14,16-20,23,30,34-35H,6-10H2,1-5H3. The highest BCUT2D eigenvalue weighted by Crippen LogP contribution is 2.72. The van der Waals surface area contributed by atoms with Gasteiger partial charge >= 0.3 is 11.9 Å². The fourth-order valence-corrected chi connectivity index (χ4v) is 11.1. The zero-order valence-corrected chi connectivity index (χ0v) is 23.4. The van der Waals surface area contributed by atoms with E-state index in [4.69, 9.17) is 23.7 Å². The molecule has 220 valence electrons. The number of hydrogen-bond donors (Lipinski definition) is 3. The van der Waals surface area contributed by atoms with Gasteiger partial charge in [-0.15, -0.1) is 0 Å². The van der Waals surface area contributed by atoms with Crippen molar-refractivity contribution in [1.82, 2.24) is 0 Å². The van der Waals surface area contributed by atoms with Gasteiger partial charge in [0.05, 0.1) is 47.3 Å². The maximum absolute atomic E-state index is 14.5. The zero-order chi connectivity index (χ0) is 28.6. The van der Waals surface area contributed by atoms with Crippen molar-refractivity contribution < 1.29 is 53.4 Å². The summed E-state index contributed by atoms with van der Waals surface area (Å²) in [6.07, 6.45) is -3.33. The van der Waals surface area contributed by atoms with Crippen LogP contribution in [-0.4, -0.2) is 91.8 Å². The molecule has 2 aliphatic carbocycles. The first-order chi connectivity index (χ1) is 18.5. The van der Waals surface area contributed by atoms with Crippen LogP contribution < -0.4 is 0 Å². The van der Waals surface area contributed by atoms with Crippen molar-refractivity contribution >= 4 is 17.7 Å². The summed E-state index contributed by atoms with van der Waals surface area (Å²) < 4.78 is 31.2. The Kier molecular flexibility index (Phi) is 4.63.